The van der Waals surface area contributed by atoms with Crippen molar-refractivity contribution in [1.82, 2.24) is 0 Å². The van der Waals surface area contributed by atoms with E-state index in [4.69, 9.17) is 8.65 Å². The van der Waals surface area contributed by atoms with Crippen molar-refractivity contribution in [2.24, 2.45) is 0 Å². The minimum absolute atomic E-state index is 0.0741. The summed E-state index contributed by atoms with van der Waals surface area (Å²) in [6.07, 6.45) is 0. The molecule has 80 valence electrons. The minimum atomic E-state index is -4.00. The van der Waals surface area contributed by atoms with Gasteiger partial charge in [0.05, 0.1) is 4.90 Å². The summed E-state index contributed by atoms with van der Waals surface area (Å²) in [7, 11) is -4.00. The summed E-state index contributed by atoms with van der Waals surface area (Å²) >= 11 is -1.19. The smallest absolute Gasteiger partial charge is 0.282 e. The van der Waals surface area contributed by atoms with Gasteiger partial charge in [-0.15, -0.1) is 0 Å². The van der Waals surface area contributed by atoms with Crippen LogP contribution >= 0.6 is 0 Å². The number of hydrogen-bond donors (Lipinski definition) is 2. The van der Waals surface area contributed by atoms with Gasteiger partial charge in [-0.1, -0.05) is 18.2 Å². The summed E-state index contributed by atoms with van der Waals surface area (Å²) in [6.45, 7) is 0. The fourth-order valence-electron chi connectivity index (χ4n) is 0.592. The van der Waals surface area contributed by atoms with Crippen LogP contribution in [0.25, 0.3) is 0 Å². The maximum absolute atomic E-state index is 10.4. The molecule has 0 aliphatic rings. The van der Waals surface area contributed by atoms with Crippen LogP contribution in [0.2, 0.25) is 11.4 Å². The van der Waals surface area contributed by atoms with Crippen LogP contribution in [0.15, 0.2) is 35.2 Å². The average Bonchev–Trinajstić information content (AvgIpc) is 2.03. The molecule has 0 atom stereocenters. The van der Waals surface area contributed by atoms with Gasteiger partial charge in [-0.05, 0) is 12.1 Å². The second kappa shape index (κ2) is 6.19. The van der Waals surface area contributed by atoms with E-state index in [2.05, 4.69) is 0 Å². The van der Waals surface area contributed by atoms with E-state index >= 15 is 0 Å². The van der Waals surface area contributed by atoms with E-state index in [1.165, 1.54) is 12.1 Å². The van der Waals surface area contributed by atoms with Crippen LogP contribution in [0.3, 0.4) is 0 Å². The molecule has 2 N–H and O–H groups in total. The second-order valence-corrected chi connectivity index (χ2v) is 7.61. The Labute approximate surface area is 88.9 Å². The van der Waals surface area contributed by atoms with Crippen LogP contribution in [-0.2, 0) is 10.1 Å². The Kier molecular flexibility index (Phi) is 6.04. The van der Waals surface area contributed by atoms with E-state index in [-0.39, 0.29) is 4.90 Å². The molecule has 4 nitrogen and oxygen atoms in total. The Bertz CT molecular complexity index is 344. The van der Waals surface area contributed by atoms with Crippen LogP contribution in [0.1, 0.15) is 0 Å². The van der Waals surface area contributed by atoms with Crippen molar-refractivity contribution >= 4 is 25.1 Å². The van der Waals surface area contributed by atoms with Gasteiger partial charge in [0.25, 0.3) is 10.1 Å². The Balaban J connectivity index is 0.000000364. The van der Waals surface area contributed by atoms with Gasteiger partial charge in [-0.25, -0.2) is 0 Å². The zero-order chi connectivity index (χ0) is 11.2. The Hall–Kier alpha value is -0.352. The fourth-order valence-corrected chi connectivity index (χ4v) is 1.09. The molecule has 1 rings (SSSR count). The molecular weight excluding hydrogens is 267 g/mol. The molecule has 0 unspecified atom stereocenters. The molecule has 0 fully saturated rings. The van der Waals surface area contributed by atoms with Gasteiger partial charge in [0.2, 0.25) is 0 Å². The first-order chi connectivity index (χ1) is 6.34. The minimum Gasteiger partial charge on any atom is -0.282 e. The largest absolute Gasteiger partial charge is 0.294 e. The molecule has 0 bridgehead atoms. The first kappa shape index (κ1) is 13.6. The van der Waals surface area contributed by atoms with Gasteiger partial charge in [0.1, 0.15) is 0 Å². The molecular formula is C8H13AsO4S. The van der Waals surface area contributed by atoms with Crippen molar-refractivity contribution in [3.63, 3.8) is 0 Å². The zero-order valence-corrected chi connectivity index (χ0v) is 10.6. The topological polar surface area (TPSA) is 74.6 Å². The SMILES string of the molecule is C[As](C)O.O=S(=O)(O)c1ccccc1. The number of hydrogen-bond acceptors (Lipinski definition) is 3. The molecule has 0 aromatic heterocycles. The van der Waals surface area contributed by atoms with Crippen molar-refractivity contribution in [2.75, 3.05) is 0 Å². The Morgan fingerprint density at radius 2 is 1.50 bits per heavy atom. The van der Waals surface area contributed by atoms with Gasteiger partial charge < -0.3 is 0 Å². The second-order valence-electron chi connectivity index (χ2n) is 2.64. The van der Waals surface area contributed by atoms with Gasteiger partial charge in [-0.2, -0.15) is 8.42 Å². The van der Waals surface area contributed by atoms with Crippen LogP contribution in [0, 0.1) is 0 Å². The van der Waals surface area contributed by atoms with E-state index in [1.54, 1.807) is 18.2 Å². The van der Waals surface area contributed by atoms with Gasteiger partial charge in [0, 0.05) is 0 Å². The zero-order valence-electron chi connectivity index (χ0n) is 7.95. The van der Waals surface area contributed by atoms with Crippen molar-refractivity contribution in [3.05, 3.63) is 30.3 Å². The molecule has 14 heavy (non-hydrogen) atoms. The average molecular weight is 280 g/mol. The molecule has 6 heteroatoms. The monoisotopic (exact) mass is 280 g/mol. The third-order valence-electron chi connectivity index (χ3n) is 1.04. The van der Waals surface area contributed by atoms with Crippen LogP contribution < -0.4 is 0 Å². The Morgan fingerprint density at radius 3 is 1.71 bits per heavy atom. The van der Waals surface area contributed by atoms with E-state index < -0.39 is 25.1 Å². The van der Waals surface area contributed by atoms with Gasteiger partial charge in [0.15, 0.2) is 0 Å². The number of benzene rings is 1. The van der Waals surface area contributed by atoms with Crippen molar-refractivity contribution in [1.29, 1.82) is 0 Å². The third kappa shape index (κ3) is 7.09. The van der Waals surface area contributed by atoms with Crippen molar-refractivity contribution in [3.8, 4) is 0 Å². The molecule has 0 heterocycles. The predicted octanol–water partition coefficient (Wildman–Crippen LogP) is 1.16. The quantitative estimate of drug-likeness (QED) is 0.598. The number of rotatable bonds is 1. The van der Waals surface area contributed by atoms with Crippen LogP contribution in [0.4, 0.5) is 0 Å². The molecule has 0 saturated carbocycles. The van der Waals surface area contributed by atoms with E-state index in [9.17, 15) is 8.42 Å². The van der Waals surface area contributed by atoms with Crippen molar-refractivity contribution < 1.29 is 17.1 Å². The Morgan fingerprint density at radius 1 is 1.14 bits per heavy atom. The fraction of sp³-hybridized carbons (Fsp3) is 0.250. The van der Waals surface area contributed by atoms with Gasteiger partial charge in [-0.3, -0.25) is 4.55 Å². The van der Waals surface area contributed by atoms with E-state index in [0.29, 0.717) is 0 Å². The maximum Gasteiger partial charge on any atom is 0.294 e. The molecule has 1 aromatic carbocycles. The summed E-state index contributed by atoms with van der Waals surface area (Å²) in [5.74, 6) is 0. The summed E-state index contributed by atoms with van der Waals surface area (Å²) in [4.78, 5) is -0.0741. The first-order valence-electron chi connectivity index (χ1n) is 3.73. The van der Waals surface area contributed by atoms with E-state index in [1.807, 2.05) is 11.4 Å². The van der Waals surface area contributed by atoms with Crippen LogP contribution in [-0.4, -0.2) is 32.1 Å². The molecule has 0 amide bonds. The predicted molar refractivity (Wildman–Crippen MR) is 56.0 cm³/mol. The third-order valence-corrected chi connectivity index (χ3v) is 1.91. The van der Waals surface area contributed by atoms with Gasteiger partial charge >= 0.3 is 30.5 Å². The summed E-state index contributed by atoms with van der Waals surface area (Å²) in [6, 6.07) is 7.42. The molecule has 0 saturated heterocycles. The molecule has 0 aliphatic heterocycles. The molecule has 0 aliphatic carbocycles. The normalized spacial score (nSPS) is 10.6. The molecule has 0 spiro atoms. The first-order valence-corrected chi connectivity index (χ1v) is 9.76. The summed E-state index contributed by atoms with van der Waals surface area (Å²) < 4.78 is 37.4. The van der Waals surface area contributed by atoms with E-state index in [0.717, 1.165) is 0 Å². The van der Waals surface area contributed by atoms with Crippen LogP contribution in [0.5, 0.6) is 0 Å². The van der Waals surface area contributed by atoms with Crippen molar-refractivity contribution in [2.45, 2.75) is 16.3 Å². The molecule has 0 radical (unpaired) electrons. The standard InChI is InChI=1S/C6H6O3S.C2H7AsO/c7-10(8,9)6-4-2-1-3-5-6;1-3(2)4/h1-5H,(H,7,8,9);4H,1-2H3. The summed E-state index contributed by atoms with van der Waals surface area (Å²) in [5, 5.41) is 0. The maximum atomic E-state index is 10.4. The molecule has 1 aromatic rings. The summed E-state index contributed by atoms with van der Waals surface area (Å²) in [5.41, 5.74) is 3.74.